The SMILES string of the molecule is CSc1ccc(C(CC(=O)O)c2n(Cc3ccccc3)c(C)c(C)[n+]2[O-])cc1. The number of nitrogens with zero attached hydrogens (tertiary/aromatic N) is 2. The van der Waals surface area contributed by atoms with Gasteiger partial charge in [0, 0.05) is 18.7 Å². The van der Waals surface area contributed by atoms with Crippen molar-refractivity contribution >= 4 is 17.7 Å². The monoisotopic (exact) mass is 396 g/mol. The van der Waals surface area contributed by atoms with Gasteiger partial charge in [-0.1, -0.05) is 42.5 Å². The number of hydrogen-bond donors (Lipinski definition) is 1. The Balaban J connectivity index is 2.13. The summed E-state index contributed by atoms with van der Waals surface area (Å²) >= 11 is 1.63. The summed E-state index contributed by atoms with van der Waals surface area (Å²) in [5.41, 5.74) is 3.35. The van der Waals surface area contributed by atoms with Crippen molar-refractivity contribution in [2.75, 3.05) is 6.26 Å². The van der Waals surface area contributed by atoms with Crippen molar-refractivity contribution < 1.29 is 14.6 Å². The lowest BCUT2D eigenvalue weighted by Gasteiger charge is -2.17. The molecule has 2 aromatic carbocycles. The Labute approximate surface area is 169 Å². The number of hydrogen-bond acceptors (Lipinski definition) is 3. The van der Waals surface area contributed by atoms with Gasteiger partial charge in [-0.2, -0.15) is 0 Å². The van der Waals surface area contributed by atoms with Crippen molar-refractivity contribution in [3.05, 3.63) is 88.1 Å². The smallest absolute Gasteiger partial charge is 0.304 e. The maximum Gasteiger partial charge on any atom is 0.304 e. The summed E-state index contributed by atoms with van der Waals surface area (Å²) < 4.78 is 2.85. The van der Waals surface area contributed by atoms with E-state index in [9.17, 15) is 15.1 Å². The molecule has 0 aliphatic heterocycles. The largest absolute Gasteiger partial charge is 0.711 e. The van der Waals surface area contributed by atoms with Gasteiger partial charge in [0.1, 0.15) is 17.9 Å². The molecule has 28 heavy (non-hydrogen) atoms. The molecule has 5 nitrogen and oxygen atoms in total. The third kappa shape index (κ3) is 4.07. The molecule has 6 heteroatoms. The van der Waals surface area contributed by atoms with E-state index in [1.807, 2.05) is 72.3 Å². The predicted molar refractivity (Wildman–Crippen MR) is 111 cm³/mol. The zero-order valence-corrected chi connectivity index (χ0v) is 17.1. The first-order valence-corrected chi connectivity index (χ1v) is 10.3. The summed E-state index contributed by atoms with van der Waals surface area (Å²) in [5.74, 6) is -0.984. The normalized spacial score (nSPS) is 12.1. The van der Waals surface area contributed by atoms with Gasteiger partial charge in [-0.05, 0) is 29.5 Å². The minimum Gasteiger partial charge on any atom is -0.711 e. The summed E-state index contributed by atoms with van der Waals surface area (Å²) in [4.78, 5) is 12.7. The molecule has 0 saturated heterocycles. The molecule has 146 valence electrons. The van der Waals surface area contributed by atoms with Crippen LogP contribution in [0.15, 0.2) is 59.5 Å². The van der Waals surface area contributed by atoms with Gasteiger partial charge in [-0.3, -0.25) is 4.79 Å². The Morgan fingerprint density at radius 1 is 1.14 bits per heavy atom. The number of carbonyl (C=O) groups is 1. The minimum absolute atomic E-state index is 0.140. The molecule has 0 bridgehead atoms. The Hall–Kier alpha value is -2.73. The standard InChI is InChI=1S/C22H24N2O3S/c1-15-16(2)24(27)22(23(15)14-17-7-5-4-6-8-17)20(13-21(25)26)18-9-11-19(28-3)12-10-18/h4-12,20H,13-14H2,1-3H3,(H,25,26). The highest BCUT2D eigenvalue weighted by Gasteiger charge is 2.32. The third-order valence-electron chi connectivity index (χ3n) is 5.11. The second-order valence-electron chi connectivity index (χ2n) is 6.82. The molecule has 1 N–H and O–H groups in total. The summed E-state index contributed by atoms with van der Waals surface area (Å²) in [5, 5.41) is 22.5. The van der Waals surface area contributed by atoms with Gasteiger partial charge in [0.25, 0.3) is 5.82 Å². The summed E-state index contributed by atoms with van der Waals surface area (Å²) in [6, 6.07) is 17.7. The fourth-order valence-corrected chi connectivity index (χ4v) is 3.87. The average Bonchev–Trinajstić information content (AvgIpc) is 2.91. The lowest BCUT2D eigenvalue weighted by molar-refractivity contribution is -0.621. The summed E-state index contributed by atoms with van der Waals surface area (Å²) in [7, 11) is 0. The lowest BCUT2D eigenvalue weighted by atomic mass is 9.94. The van der Waals surface area contributed by atoms with Gasteiger partial charge >= 0.3 is 5.97 Å². The van der Waals surface area contributed by atoms with Gasteiger partial charge in [0.05, 0.1) is 12.3 Å². The first-order valence-electron chi connectivity index (χ1n) is 9.11. The molecule has 1 unspecified atom stereocenters. The Kier molecular flexibility index (Phi) is 6.09. The van der Waals surface area contributed by atoms with E-state index in [0.717, 1.165) is 26.4 Å². The highest BCUT2D eigenvalue weighted by atomic mass is 32.2. The Morgan fingerprint density at radius 3 is 2.36 bits per heavy atom. The second-order valence-corrected chi connectivity index (χ2v) is 7.70. The Morgan fingerprint density at radius 2 is 1.79 bits per heavy atom. The van der Waals surface area contributed by atoms with Crippen LogP contribution in [0.2, 0.25) is 0 Å². The quantitative estimate of drug-likeness (QED) is 0.371. The van der Waals surface area contributed by atoms with Gasteiger partial charge < -0.3 is 10.3 Å². The highest BCUT2D eigenvalue weighted by molar-refractivity contribution is 7.98. The zero-order valence-electron chi connectivity index (χ0n) is 16.3. The molecule has 0 aliphatic carbocycles. The number of carboxylic acid groups (broad SMARTS) is 1. The van der Waals surface area contributed by atoms with Crippen LogP contribution >= 0.6 is 11.8 Å². The molecule has 3 rings (SSSR count). The zero-order chi connectivity index (χ0) is 20.3. The number of thioether (sulfide) groups is 1. The lowest BCUT2D eigenvalue weighted by Crippen LogP contribution is -2.36. The van der Waals surface area contributed by atoms with E-state index in [-0.39, 0.29) is 6.42 Å². The van der Waals surface area contributed by atoms with Crippen molar-refractivity contribution in [3.8, 4) is 0 Å². The molecule has 1 aromatic heterocycles. The van der Waals surface area contributed by atoms with E-state index in [0.29, 0.717) is 18.1 Å². The van der Waals surface area contributed by atoms with Crippen LogP contribution < -0.4 is 4.73 Å². The average molecular weight is 397 g/mol. The summed E-state index contributed by atoms with van der Waals surface area (Å²) in [6.07, 6.45) is 1.85. The van der Waals surface area contributed by atoms with Crippen molar-refractivity contribution in [2.24, 2.45) is 0 Å². The highest BCUT2D eigenvalue weighted by Crippen LogP contribution is 2.30. The van der Waals surface area contributed by atoms with Gasteiger partial charge in [0.2, 0.25) is 0 Å². The van der Waals surface area contributed by atoms with E-state index < -0.39 is 11.9 Å². The van der Waals surface area contributed by atoms with E-state index in [1.165, 1.54) is 0 Å². The van der Waals surface area contributed by atoms with Crippen LogP contribution in [-0.2, 0) is 11.3 Å². The minimum atomic E-state index is -0.929. The Bertz CT molecular complexity index is 966. The molecule has 0 fully saturated rings. The van der Waals surface area contributed by atoms with E-state index in [4.69, 9.17) is 0 Å². The maximum atomic E-state index is 13.0. The van der Waals surface area contributed by atoms with Gasteiger partial charge in [-0.25, -0.2) is 9.30 Å². The molecule has 1 heterocycles. The predicted octanol–water partition coefficient (Wildman–Crippen LogP) is 4.12. The summed E-state index contributed by atoms with van der Waals surface area (Å²) in [6.45, 7) is 4.21. The number of aromatic nitrogens is 2. The van der Waals surface area contributed by atoms with E-state index in [1.54, 1.807) is 18.7 Å². The van der Waals surface area contributed by atoms with Crippen molar-refractivity contribution in [2.45, 2.75) is 37.6 Å². The van der Waals surface area contributed by atoms with Crippen LogP contribution in [0.4, 0.5) is 0 Å². The van der Waals surface area contributed by atoms with Gasteiger partial charge in [-0.15, -0.1) is 11.8 Å². The molecule has 0 saturated carbocycles. The molecule has 1 atom stereocenters. The van der Waals surface area contributed by atoms with Crippen LogP contribution in [0, 0.1) is 19.1 Å². The number of imidazole rings is 1. The van der Waals surface area contributed by atoms with Crippen molar-refractivity contribution in [1.29, 1.82) is 0 Å². The first-order chi connectivity index (χ1) is 13.4. The van der Waals surface area contributed by atoms with Crippen molar-refractivity contribution in [1.82, 2.24) is 4.57 Å². The second kappa shape index (κ2) is 8.52. The van der Waals surface area contributed by atoms with E-state index in [2.05, 4.69) is 0 Å². The van der Waals surface area contributed by atoms with Gasteiger partial charge in [0.15, 0.2) is 0 Å². The first kappa shape index (κ1) is 20.0. The van der Waals surface area contributed by atoms with Crippen LogP contribution in [0.3, 0.4) is 0 Å². The molecule has 0 radical (unpaired) electrons. The fraction of sp³-hybridized carbons (Fsp3) is 0.273. The number of benzene rings is 2. The molecular formula is C22H24N2O3S. The van der Waals surface area contributed by atoms with Crippen molar-refractivity contribution in [3.63, 3.8) is 0 Å². The third-order valence-corrected chi connectivity index (χ3v) is 5.85. The van der Waals surface area contributed by atoms with Crippen LogP contribution in [-0.4, -0.2) is 21.9 Å². The molecular weight excluding hydrogens is 372 g/mol. The molecule has 0 aliphatic rings. The van der Waals surface area contributed by atoms with E-state index >= 15 is 0 Å². The molecule has 0 amide bonds. The fourth-order valence-electron chi connectivity index (χ4n) is 3.46. The number of rotatable bonds is 7. The molecule has 0 spiro atoms. The number of aliphatic carboxylic acids is 1. The molecule has 3 aromatic rings. The maximum absolute atomic E-state index is 13.0. The van der Waals surface area contributed by atoms with Crippen LogP contribution in [0.5, 0.6) is 0 Å². The van der Waals surface area contributed by atoms with Crippen LogP contribution in [0.25, 0.3) is 0 Å². The topological polar surface area (TPSA) is 69.2 Å². The van der Waals surface area contributed by atoms with Crippen LogP contribution in [0.1, 0.15) is 40.7 Å². The number of carboxylic acids is 1.